The first-order chi connectivity index (χ1) is 9.26. The molecule has 0 saturated heterocycles. The normalized spacial score (nSPS) is 17.1. The van der Waals surface area contributed by atoms with Crippen LogP contribution < -0.4 is 11.1 Å². The molecule has 0 bridgehead atoms. The average molecular weight is 396 g/mol. The fourth-order valence-corrected chi connectivity index (χ4v) is 2.69. The second-order valence-corrected chi connectivity index (χ2v) is 5.48. The van der Waals surface area contributed by atoms with Crippen LogP contribution in [0.5, 0.6) is 0 Å². The highest BCUT2D eigenvalue weighted by atomic mass is 127. The van der Waals surface area contributed by atoms with Gasteiger partial charge in [0.05, 0.1) is 0 Å². The Bertz CT molecular complexity index is 248. The quantitative estimate of drug-likeness (QED) is 0.287. The summed E-state index contributed by atoms with van der Waals surface area (Å²) in [5, 5.41) is 3.36. The van der Waals surface area contributed by atoms with Crippen molar-refractivity contribution in [1.29, 1.82) is 0 Å². The molecule has 1 aliphatic carbocycles. The molecule has 1 aliphatic rings. The Kier molecular flexibility index (Phi) is 12.7. The van der Waals surface area contributed by atoms with Crippen molar-refractivity contribution in [2.45, 2.75) is 64.8 Å². The summed E-state index contributed by atoms with van der Waals surface area (Å²) in [5.74, 6) is 0.648. The highest BCUT2D eigenvalue weighted by Crippen LogP contribution is 2.16. The van der Waals surface area contributed by atoms with Gasteiger partial charge in [0.2, 0.25) is 0 Å². The fraction of sp³-hybridized carbons (Fsp3) is 0.933. The molecule has 0 aromatic heterocycles. The topological polar surface area (TPSA) is 53.6 Å². The van der Waals surface area contributed by atoms with Gasteiger partial charge in [-0.05, 0) is 45.3 Å². The zero-order chi connectivity index (χ0) is 13.9. The van der Waals surface area contributed by atoms with Crippen molar-refractivity contribution >= 4 is 29.9 Å². The summed E-state index contributed by atoms with van der Waals surface area (Å²) in [4.78, 5) is 6.88. The van der Waals surface area contributed by atoms with Gasteiger partial charge < -0.3 is 16.0 Å². The van der Waals surface area contributed by atoms with Crippen molar-refractivity contribution in [3.63, 3.8) is 0 Å². The highest BCUT2D eigenvalue weighted by molar-refractivity contribution is 14.0. The van der Waals surface area contributed by atoms with Crippen LogP contribution in [-0.2, 0) is 0 Å². The van der Waals surface area contributed by atoms with Crippen LogP contribution in [0.3, 0.4) is 0 Å². The molecule has 0 aromatic rings. The Morgan fingerprint density at radius 1 is 1.15 bits per heavy atom. The van der Waals surface area contributed by atoms with Gasteiger partial charge in [0, 0.05) is 12.6 Å². The second-order valence-electron chi connectivity index (χ2n) is 5.48. The molecule has 0 spiro atoms. The molecule has 0 heterocycles. The van der Waals surface area contributed by atoms with Crippen molar-refractivity contribution in [2.24, 2.45) is 10.7 Å². The monoisotopic (exact) mass is 396 g/mol. The molecule has 1 saturated carbocycles. The number of nitrogens with zero attached hydrogens (tertiary/aromatic N) is 2. The molecule has 120 valence electrons. The van der Waals surface area contributed by atoms with Crippen LogP contribution in [0.4, 0.5) is 0 Å². The predicted octanol–water partition coefficient (Wildman–Crippen LogP) is 2.96. The number of hydrogen-bond donors (Lipinski definition) is 2. The smallest absolute Gasteiger partial charge is 0.188 e. The van der Waals surface area contributed by atoms with E-state index in [0.29, 0.717) is 12.0 Å². The lowest BCUT2D eigenvalue weighted by molar-refractivity contribution is 0.297. The van der Waals surface area contributed by atoms with E-state index in [0.717, 1.165) is 26.1 Å². The zero-order valence-electron chi connectivity index (χ0n) is 13.2. The summed E-state index contributed by atoms with van der Waals surface area (Å²) < 4.78 is 0. The van der Waals surface area contributed by atoms with Crippen LogP contribution in [0.15, 0.2) is 4.99 Å². The van der Waals surface area contributed by atoms with E-state index in [2.05, 4.69) is 29.1 Å². The van der Waals surface area contributed by atoms with Crippen molar-refractivity contribution < 1.29 is 0 Å². The molecule has 0 amide bonds. The summed E-state index contributed by atoms with van der Waals surface area (Å²) in [7, 11) is 0. The average Bonchev–Trinajstić information content (AvgIpc) is 2.44. The van der Waals surface area contributed by atoms with Gasteiger partial charge in [-0.25, -0.2) is 0 Å². The Labute approximate surface area is 142 Å². The minimum absolute atomic E-state index is 0. The largest absolute Gasteiger partial charge is 0.370 e. The van der Waals surface area contributed by atoms with Gasteiger partial charge in [-0.1, -0.05) is 33.1 Å². The minimum atomic E-state index is 0. The first kappa shape index (κ1) is 20.0. The molecule has 0 aliphatic heterocycles. The van der Waals surface area contributed by atoms with Crippen molar-refractivity contribution in [2.75, 3.05) is 26.2 Å². The van der Waals surface area contributed by atoms with E-state index in [-0.39, 0.29) is 24.0 Å². The number of aliphatic imine (C=N–C) groups is 1. The van der Waals surface area contributed by atoms with Gasteiger partial charge >= 0.3 is 0 Å². The summed E-state index contributed by atoms with van der Waals surface area (Å²) in [6, 6.07) is 0.563. The van der Waals surface area contributed by atoms with E-state index in [1.54, 1.807) is 0 Å². The molecule has 20 heavy (non-hydrogen) atoms. The van der Waals surface area contributed by atoms with Crippen molar-refractivity contribution in [3.05, 3.63) is 0 Å². The summed E-state index contributed by atoms with van der Waals surface area (Å²) in [6.07, 6.45) is 8.87. The molecular weight excluding hydrogens is 363 g/mol. The van der Waals surface area contributed by atoms with Gasteiger partial charge in [-0.2, -0.15) is 0 Å². The number of hydrogen-bond acceptors (Lipinski definition) is 2. The summed E-state index contributed by atoms with van der Waals surface area (Å²) in [6.45, 7) is 8.75. The lowest BCUT2D eigenvalue weighted by atomic mass is 9.96. The van der Waals surface area contributed by atoms with Crippen molar-refractivity contribution in [3.8, 4) is 0 Å². The fourth-order valence-electron chi connectivity index (χ4n) is 2.69. The third-order valence-corrected chi connectivity index (χ3v) is 4.02. The molecule has 4 nitrogen and oxygen atoms in total. The number of rotatable bonds is 8. The molecule has 0 radical (unpaired) electrons. The lowest BCUT2D eigenvalue weighted by Gasteiger charge is -2.23. The molecule has 0 atom stereocenters. The molecule has 0 aromatic carbocycles. The third kappa shape index (κ3) is 9.00. The minimum Gasteiger partial charge on any atom is -0.370 e. The predicted molar refractivity (Wildman–Crippen MR) is 98.9 cm³/mol. The van der Waals surface area contributed by atoms with E-state index in [1.165, 1.54) is 45.1 Å². The Morgan fingerprint density at radius 3 is 2.40 bits per heavy atom. The number of guanidine groups is 1. The van der Waals surface area contributed by atoms with Gasteiger partial charge in [0.25, 0.3) is 0 Å². The second kappa shape index (κ2) is 12.7. The molecule has 1 rings (SSSR count). The number of unbranched alkanes of at least 4 members (excludes halogenated alkanes) is 1. The summed E-state index contributed by atoms with van der Waals surface area (Å²) in [5.41, 5.74) is 5.93. The van der Waals surface area contributed by atoms with Crippen LogP contribution in [0.2, 0.25) is 0 Å². The third-order valence-electron chi connectivity index (χ3n) is 4.02. The van der Waals surface area contributed by atoms with Crippen LogP contribution in [0.25, 0.3) is 0 Å². The molecule has 0 unspecified atom stereocenters. The van der Waals surface area contributed by atoms with Gasteiger partial charge in [0.15, 0.2) is 5.96 Å². The molecule has 1 fully saturated rings. The van der Waals surface area contributed by atoms with Gasteiger partial charge in [0.1, 0.15) is 0 Å². The van der Waals surface area contributed by atoms with Crippen LogP contribution in [0.1, 0.15) is 58.8 Å². The van der Waals surface area contributed by atoms with Crippen LogP contribution in [-0.4, -0.2) is 43.1 Å². The Balaban J connectivity index is 0.00000361. The van der Waals surface area contributed by atoms with Crippen LogP contribution in [0, 0.1) is 0 Å². The standard InChI is InChI=1S/C15H32N4.HI/c1-3-19(4-2)13-9-8-12-17-15(16)18-14-10-6-5-7-11-14;/h14H,3-13H2,1-2H3,(H3,16,17,18);1H. The lowest BCUT2D eigenvalue weighted by Crippen LogP contribution is -2.41. The first-order valence-corrected chi connectivity index (χ1v) is 8.05. The van der Waals surface area contributed by atoms with E-state index in [9.17, 15) is 0 Å². The number of nitrogens with one attached hydrogen (secondary N) is 1. The van der Waals surface area contributed by atoms with E-state index in [1.807, 2.05) is 0 Å². The Hall–Kier alpha value is -0.0400. The Morgan fingerprint density at radius 2 is 1.80 bits per heavy atom. The van der Waals surface area contributed by atoms with E-state index < -0.39 is 0 Å². The first-order valence-electron chi connectivity index (χ1n) is 8.05. The van der Waals surface area contributed by atoms with E-state index >= 15 is 0 Å². The number of nitrogens with two attached hydrogens (primary N) is 1. The maximum atomic E-state index is 5.93. The highest BCUT2D eigenvalue weighted by Gasteiger charge is 2.12. The number of halogens is 1. The summed E-state index contributed by atoms with van der Waals surface area (Å²) >= 11 is 0. The maximum Gasteiger partial charge on any atom is 0.188 e. The van der Waals surface area contributed by atoms with Gasteiger partial charge in [-0.3, -0.25) is 4.99 Å². The van der Waals surface area contributed by atoms with Gasteiger partial charge in [-0.15, -0.1) is 24.0 Å². The molecular formula is C15H33IN4. The van der Waals surface area contributed by atoms with E-state index in [4.69, 9.17) is 5.73 Å². The zero-order valence-corrected chi connectivity index (χ0v) is 15.6. The molecule has 3 N–H and O–H groups in total. The SMILES string of the molecule is CCN(CC)CCCCN=C(N)NC1CCCCC1.I. The maximum absolute atomic E-state index is 5.93. The molecule has 5 heteroatoms. The van der Waals surface area contributed by atoms with Crippen LogP contribution >= 0.6 is 24.0 Å². The van der Waals surface area contributed by atoms with Crippen molar-refractivity contribution in [1.82, 2.24) is 10.2 Å².